The fourth-order valence-electron chi connectivity index (χ4n) is 4.12. The van der Waals surface area contributed by atoms with Crippen LogP contribution in [0.25, 0.3) is 10.9 Å². The highest BCUT2D eigenvalue weighted by molar-refractivity contribution is 7.88. The van der Waals surface area contributed by atoms with Crippen LogP contribution in [0.1, 0.15) is 37.3 Å². The molecular formula is C24H29ClN6O3S. The van der Waals surface area contributed by atoms with Crippen LogP contribution in [-0.4, -0.2) is 58.4 Å². The number of ether oxygens (including phenoxy) is 1. The number of aryl methyl sites for hydroxylation is 1. The van der Waals surface area contributed by atoms with Gasteiger partial charge in [0.2, 0.25) is 15.9 Å². The van der Waals surface area contributed by atoms with E-state index in [2.05, 4.69) is 0 Å². The summed E-state index contributed by atoms with van der Waals surface area (Å²) < 4.78 is 33.4. The standard InChI is InChI=1S/C24H29ClN6O3S/c1-16(27-19(9-12-26)21-8-5-13-30(21)2)23-28-20-7-4-6-18(25)22(20)24(29-23)34-17-10-14-31(15-11-17)35(3,32)33/h4-9,12-13,16-17H,10-11,14-15,26H2,1-3H3/t16-/m0/s1. The fourth-order valence-corrected chi connectivity index (χ4v) is 5.24. The molecule has 1 aliphatic rings. The first-order valence-electron chi connectivity index (χ1n) is 11.3. The van der Waals surface area contributed by atoms with Crippen LogP contribution < -0.4 is 10.5 Å². The number of nitrogens with zero attached hydrogens (tertiary/aromatic N) is 5. The highest BCUT2D eigenvalue weighted by Gasteiger charge is 2.27. The molecule has 1 fully saturated rings. The van der Waals surface area contributed by atoms with Crippen molar-refractivity contribution < 1.29 is 13.2 Å². The van der Waals surface area contributed by atoms with Crippen molar-refractivity contribution in [1.82, 2.24) is 18.8 Å². The van der Waals surface area contributed by atoms with Gasteiger partial charge >= 0.3 is 0 Å². The molecule has 4 rings (SSSR count). The molecule has 35 heavy (non-hydrogen) atoms. The molecule has 0 spiro atoms. The van der Waals surface area contributed by atoms with Gasteiger partial charge in [-0.25, -0.2) is 17.7 Å². The number of piperidine rings is 1. The lowest BCUT2D eigenvalue weighted by atomic mass is 10.1. The van der Waals surface area contributed by atoms with Gasteiger partial charge in [-0.15, -0.1) is 0 Å². The molecular weight excluding hydrogens is 488 g/mol. The molecule has 186 valence electrons. The number of aromatic nitrogens is 3. The van der Waals surface area contributed by atoms with E-state index in [9.17, 15) is 8.42 Å². The van der Waals surface area contributed by atoms with Crippen LogP contribution in [0.5, 0.6) is 5.88 Å². The Kier molecular flexibility index (Phi) is 7.44. The van der Waals surface area contributed by atoms with E-state index in [0.717, 1.165) is 5.69 Å². The smallest absolute Gasteiger partial charge is 0.226 e. The number of fused-ring (bicyclic) bond motifs is 1. The van der Waals surface area contributed by atoms with Crippen LogP contribution in [0.15, 0.2) is 53.8 Å². The molecule has 1 atom stereocenters. The van der Waals surface area contributed by atoms with E-state index in [1.165, 1.54) is 16.8 Å². The fraction of sp³-hybridized carbons (Fsp3) is 0.375. The molecule has 0 radical (unpaired) electrons. The van der Waals surface area contributed by atoms with E-state index in [4.69, 9.17) is 37.0 Å². The topological polar surface area (TPSA) is 116 Å². The first-order valence-corrected chi connectivity index (χ1v) is 13.6. The maximum Gasteiger partial charge on any atom is 0.226 e. The molecule has 0 unspecified atom stereocenters. The number of nitrogens with two attached hydrogens (primary N) is 1. The molecule has 1 aliphatic heterocycles. The predicted molar refractivity (Wildman–Crippen MR) is 138 cm³/mol. The lowest BCUT2D eigenvalue weighted by Crippen LogP contribution is -2.41. The van der Waals surface area contributed by atoms with Crippen LogP contribution in [0.4, 0.5) is 0 Å². The Hall–Kier alpha value is -2.95. The van der Waals surface area contributed by atoms with Gasteiger partial charge in [-0.05, 0) is 56.3 Å². The average molecular weight is 517 g/mol. The van der Waals surface area contributed by atoms with Gasteiger partial charge < -0.3 is 15.0 Å². The van der Waals surface area contributed by atoms with Crippen molar-refractivity contribution in [3.8, 4) is 5.88 Å². The molecule has 0 aliphatic carbocycles. The number of allylic oxidation sites excluding steroid dienone is 1. The Morgan fingerprint density at radius 1 is 1.26 bits per heavy atom. The van der Waals surface area contributed by atoms with Gasteiger partial charge in [-0.3, -0.25) is 4.99 Å². The molecule has 9 nitrogen and oxygen atoms in total. The molecule has 1 aromatic carbocycles. The summed E-state index contributed by atoms with van der Waals surface area (Å²) in [6, 6.07) is 8.97. The Balaban J connectivity index is 1.68. The molecule has 3 aromatic rings. The van der Waals surface area contributed by atoms with Crippen molar-refractivity contribution >= 4 is 38.2 Å². The summed E-state index contributed by atoms with van der Waals surface area (Å²) in [5.41, 5.74) is 7.95. The van der Waals surface area contributed by atoms with Gasteiger partial charge in [0.1, 0.15) is 12.1 Å². The Morgan fingerprint density at radius 3 is 2.63 bits per heavy atom. The molecule has 1 saturated heterocycles. The summed E-state index contributed by atoms with van der Waals surface area (Å²) in [5, 5.41) is 1.12. The second kappa shape index (κ2) is 10.3. The van der Waals surface area contributed by atoms with Crippen LogP contribution >= 0.6 is 11.6 Å². The van der Waals surface area contributed by atoms with E-state index in [1.54, 1.807) is 12.1 Å². The van der Waals surface area contributed by atoms with Gasteiger partial charge in [-0.2, -0.15) is 4.98 Å². The molecule has 0 saturated carbocycles. The van der Waals surface area contributed by atoms with E-state index < -0.39 is 16.1 Å². The largest absolute Gasteiger partial charge is 0.474 e. The highest BCUT2D eigenvalue weighted by Crippen LogP contribution is 2.33. The summed E-state index contributed by atoms with van der Waals surface area (Å²) in [6.45, 7) is 2.71. The van der Waals surface area contributed by atoms with E-state index in [1.807, 2.05) is 49.0 Å². The van der Waals surface area contributed by atoms with Crippen molar-refractivity contribution in [3.63, 3.8) is 0 Å². The zero-order chi connectivity index (χ0) is 25.2. The number of hydrogen-bond donors (Lipinski definition) is 1. The maximum atomic E-state index is 11.9. The van der Waals surface area contributed by atoms with Crippen LogP contribution in [0, 0.1) is 0 Å². The zero-order valence-electron chi connectivity index (χ0n) is 19.9. The van der Waals surface area contributed by atoms with Gasteiger partial charge in [0.05, 0.1) is 33.6 Å². The highest BCUT2D eigenvalue weighted by atomic mass is 35.5. The Labute approximate surface area is 210 Å². The van der Waals surface area contributed by atoms with E-state index in [-0.39, 0.29) is 6.10 Å². The van der Waals surface area contributed by atoms with Crippen molar-refractivity contribution in [2.75, 3.05) is 19.3 Å². The predicted octanol–water partition coefficient (Wildman–Crippen LogP) is 3.45. The number of benzene rings is 1. The van der Waals surface area contributed by atoms with Gasteiger partial charge in [0.25, 0.3) is 0 Å². The van der Waals surface area contributed by atoms with Crippen LogP contribution in [-0.2, 0) is 17.1 Å². The first-order chi connectivity index (χ1) is 16.7. The molecule has 2 N–H and O–H groups in total. The van der Waals surface area contributed by atoms with E-state index >= 15 is 0 Å². The van der Waals surface area contributed by atoms with Crippen LogP contribution in [0.3, 0.4) is 0 Å². The monoisotopic (exact) mass is 516 g/mol. The summed E-state index contributed by atoms with van der Waals surface area (Å²) in [6.07, 6.45) is 7.30. The van der Waals surface area contributed by atoms with E-state index in [0.29, 0.717) is 59.3 Å². The quantitative estimate of drug-likeness (QED) is 0.481. The minimum absolute atomic E-state index is 0.187. The summed E-state index contributed by atoms with van der Waals surface area (Å²) in [4.78, 5) is 14.3. The van der Waals surface area contributed by atoms with Crippen molar-refractivity contribution in [2.45, 2.75) is 31.9 Å². The Bertz CT molecular complexity index is 1380. The number of rotatable bonds is 7. The average Bonchev–Trinajstić information content (AvgIpc) is 3.24. The third kappa shape index (κ3) is 5.66. The third-order valence-corrected chi connectivity index (χ3v) is 7.59. The van der Waals surface area contributed by atoms with Gasteiger partial charge in [-0.1, -0.05) is 17.7 Å². The minimum Gasteiger partial charge on any atom is -0.474 e. The molecule has 0 amide bonds. The minimum atomic E-state index is -3.22. The molecule has 11 heteroatoms. The number of aliphatic imine (C=N–C) groups is 1. The normalized spacial score (nSPS) is 17.3. The SMILES string of the molecule is C[C@H](N=C(C=CN)c1cccn1C)c1nc(OC2CCN(S(C)(=O)=O)CC2)c2c(Cl)cccc2n1. The molecule has 0 bridgehead atoms. The number of hydrogen-bond acceptors (Lipinski definition) is 7. The second-order valence-electron chi connectivity index (χ2n) is 8.55. The third-order valence-electron chi connectivity index (χ3n) is 5.97. The summed E-state index contributed by atoms with van der Waals surface area (Å²) >= 11 is 6.50. The summed E-state index contributed by atoms with van der Waals surface area (Å²) in [5.74, 6) is 0.866. The maximum absolute atomic E-state index is 11.9. The Morgan fingerprint density at radius 2 is 2.00 bits per heavy atom. The number of sulfonamides is 1. The van der Waals surface area contributed by atoms with Crippen molar-refractivity contribution in [1.29, 1.82) is 0 Å². The molecule has 2 aromatic heterocycles. The molecule has 3 heterocycles. The van der Waals surface area contributed by atoms with Gasteiger partial charge in [0.15, 0.2) is 5.82 Å². The first kappa shape index (κ1) is 25.2. The second-order valence-corrected chi connectivity index (χ2v) is 10.9. The summed E-state index contributed by atoms with van der Waals surface area (Å²) in [7, 11) is -1.28. The lowest BCUT2D eigenvalue weighted by molar-refractivity contribution is 0.131. The van der Waals surface area contributed by atoms with Crippen LogP contribution in [0.2, 0.25) is 5.02 Å². The lowest BCUT2D eigenvalue weighted by Gasteiger charge is -2.30. The van der Waals surface area contributed by atoms with Gasteiger partial charge in [0, 0.05) is 26.3 Å². The van der Waals surface area contributed by atoms with Crippen molar-refractivity contribution in [2.24, 2.45) is 17.8 Å². The number of halogens is 1. The zero-order valence-corrected chi connectivity index (χ0v) is 21.5. The van der Waals surface area contributed by atoms with Crippen molar-refractivity contribution in [3.05, 3.63) is 65.3 Å².